The smallest absolute Gasteiger partial charge is 0.416 e. The number of hydrogen-bond donors (Lipinski definition) is 3. The molecule has 0 saturated heterocycles. The van der Waals surface area contributed by atoms with Gasteiger partial charge in [-0.05, 0) is 73.3 Å². The first-order valence-corrected chi connectivity index (χ1v) is 12.7. The zero-order valence-electron chi connectivity index (χ0n) is 21.3. The summed E-state index contributed by atoms with van der Waals surface area (Å²) in [5.74, 6) is 1.48. The Morgan fingerprint density at radius 1 is 1.03 bits per heavy atom. The third-order valence-electron chi connectivity index (χ3n) is 6.68. The van der Waals surface area contributed by atoms with Crippen molar-refractivity contribution < 1.29 is 27.5 Å². The zero-order valence-corrected chi connectivity index (χ0v) is 21.3. The second-order valence-corrected chi connectivity index (χ2v) is 9.67. The molecular formula is C28H28F3N5O3. The van der Waals surface area contributed by atoms with E-state index in [-0.39, 0.29) is 36.2 Å². The molecule has 3 N–H and O–H groups in total. The molecule has 5 rings (SSSR count). The molecule has 0 unspecified atom stereocenters. The van der Waals surface area contributed by atoms with Crippen molar-refractivity contribution in [3.8, 4) is 11.5 Å². The van der Waals surface area contributed by atoms with Crippen LogP contribution in [0.15, 0.2) is 54.7 Å². The van der Waals surface area contributed by atoms with Crippen molar-refractivity contribution in [3.05, 3.63) is 77.0 Å². The summed E-state index contributed by atoms with van der Waals surface area (Å²) >= 11 is 0. The van der Waals surface area contributed by atoms with Crippen LogP contribution in [0.3, 0.4) is 0 Å². The van der Waals surface area contributed by atoms with Crippen LogP contribution in [-0.2, 0) is 30.5 Å². The highest BCUT2D eigenvalue weighted by Crippen LogP contribution is 2.35. The first-order chi connectivity index (χ1) is 18.7. The van der Waals surface area contributed by atoms with Crippen LogP contribution in [0.25, 0.3) is 0 Å². The van der Waals surface area contributed by atoms with E-state index in [4.69, 9.17) is 4.74 Å². The van der Waals surface area contributed by atoms with Gasteiger partial charge < -0.3 is 25.6 Å². The number of carbonyl (C=O) groups excluding carboxylic acids is 2. The Morgan fingerprint density at radius 2 is 1.82 bits per heavy atom. The molecule has 3 aromatic rings. The molecule has 2 heterocycles. The second-order valence-electron chi connectivity index (χ2n) is 9.67. The number of fused-ring (bicyclic) bond motifs is 1. The molecule has 0 bridgehead atoms. The molecule has 2 aliphatic rings. The van der Waals surface area contributed by atoms with E-state index >= 15 is 0 Å². The standard InChI is InChI=1S/C28H28F3N5O3/c1-32-15-19-4-6-21(13-24(19)28(29,30)31)34-27(38)36-11-9-17-5-7-22(12-20(17)16-36)39-23-8-10-33-25(14-23)35-26(37)18-2-3-18/h4-8,10,12-14,18,32H,2-3,9,11,15-16H2,1H3,(H,34,38)(H,33,35,37). The van der Waals surface area contributed by atoms with Gasteiger partial charge in [-0.15, -0.1) is 0 Å². The Bertz CT molecular complexity index is 1390. The number of anilines is 2. The van der Waals surface area contributed by atoms with Crippen molar-refractivity contribution in [1.82, 2.24) is 15.2 Å². The summed E-state index contributed by atoms with van der Waals surface area (Å²) in [4.78, 5) is 30.7. The van der Waals surface area contributed by atoms with E-state index in [0.29, 0.717) is 30.3 Å². The summed E-state index contributed by atoms with van der Waals surface area (Å²) < 4.78 is 46.6. The fourth-order valence-corrected chi connectivity index (χ4v) is 4.49. The molecule has 8 nitrogen and oxygen atoms in total. The fraction of sp³-hybridized carbons (Fsp3) is 0.321. The number of aromatic nitrogens is 1. The van der Waals surface area contributed by atoms with Gasteiger partial charge in [-0.25, -0.2) is 9.78 Å². The normalized spacial score (nSPS) is 14.9. The number of alkyl halides is 3. The van der Waals surface area contributed by atoms with Crippen molar-refractivity contribution in [3.63, 3.8) is 0 Å². The molecule has 1 saturated carbocycles. The Labute approximate surface area is 223 Å². The minimum atomic E-state index is -4.54. The van der Waals surface area contributed by atoms with Crippen LogP contribution < -0.4 is 20.7 Å². The van der Waals surface area contributed by atoms with Crippen LogP contribution in [0.2, 0.25) is 0 Å². The minimum Gasteiger partial charge on any atom is -0.457 e. The van der Waals surface area contributed by atoms with Crippen LogP contribution in [-0.4, -0.2) is 35.4 Å². The number of benzene rings is 2. The molecule has 39 heavy (non-hydrogen) atoms. The molecule has 2 aromatic carbocycles. The summed E-state index contributed by atoms with van der Waals surface area (Å²) in [6.45, 7) is 0.769. The third-order valence-corrected chi connectivity index (χ3v) is 6.68. The first-order valence-electron chi connectivity index (χ1n) is 12.7. The molecule has 0 spiro atoms. The lowest BCUT2D eigenvalue weighted by Crippen LogP contribution is -2.38. The molecule has 1 aliphatic carbocycles. The molecule has 11 heteroatoms. The molecule has 3 amide bonds. The van der Waals surface area contributed by atoms with E-state index < -0.39 is 17.8 Å². The van der Waals surface area contributed by atoms with Gasteiger partial charge in [-0.3, -0.25) is 4.79 Å². The number of urea groups is 1. The van der Waals surface area contributed by atoms with Crippen molar-refractivity contribution in [2.75, 3.05) is 24.2 Å². The Hall–Kier alpha value is -4.12. The van der Waals surface area contributed by atoms with Gasteiger partial charge in [0.15, 0.2) is 0 Å². The highest BCUT2D eigenvalue weighted by Gasteiger charge is 2.34. The number of halogens is 3. The summed E-state index contributed by atoms with van der Waals surface area (Å²) in [6, 6.07) is 12.3. The SMILES string of the molecule is CNCc1ccc(NC(=O)N2CCc3ccc(Oc4ccnc(NC(=O)C5CC5)c4)cc3C2)cc1C(F)(F)F. The van der Waals surface area contributed by atoms with E-state index in [1.54, 1.807) is 30.3 Å². The van der Waals surface area contributed by atoms with Gasteiger partial charge in [0, 0.05) is 43.5 Å². The molecular weight excluding hydrogens is 511 g/mol. The highest BCUT2D eigenvalue weighted by atomic mass is 19.4. The Morgan fingerprint density at radius 3 is 2.56 bits per heavy atom. The average Bonchev–Trinajstić information content (AvgIpc) is 3.75. The number of ether oxygens (including phenoxy) is 1. The average molecular weight is 540 g/mol. The number of hydrogen-bond acceptors (Lipinski definition) is 5. The van der Waals surface area contributed by atoms with Crippen LogP contribution in [0.1, 0.15) is 35.1 Å². The fourth-order valence-electron chi connectivity index (χ4n) is 4.49. The van der Waals surface area contributed by atoms with Crippen molar-refractivity contribution in [2.45, 2.75) is 38.5 Å². The zero-order chi connectivity index (χ0) is 27.6. The molecule has 0 atom stereocenters. The van der Waals surface area contributed by atoms with Crippen LogP contribution >= 0.6 is 0 Å². The van der Waals surface area contributed by atoms with E-state index in [9.17, 15) is 22.8 Å². The number of carbonyl (C=O) groups is 2. The summed E-state index contributed by atoms with van der Waals surface area (Å²) in [7, 11) is 1.57. The molecule has 204 valence electrons. The van der Waals surface area contributed by atoms with Crippen molar-refractivity contribution in [1.29, 1.82) is 0 Å². The van der Waals surface area contributed by atoms with E-state index in [1.807, 2.05) is 18.2 Å². The lowest BCUT2D eigenvalue weighted by molar-refractivity contribution is -0.138. The quantitative estimate of drug-likeness (QED) is 0.366. The first kappa shape index (κ1) is 26.5. The maximum absolute atomic E-state index is 13.5. The second kappa shape index (κ2) is 10.9. The van der Waals surface area contributed by atoms with E-state index in [1.165, 1.54) is 12.1 Å². The maximum Gasteiger partial charge on any atom is 0.416 e. The maximum atomic E-state index is 13.5. The highest BCUT2D eigenvalue weighted by molar-refractivity contribution is 5.93. The van der Waals surface area contributed by atoms with Gasteiger partial charge in [0.2, 0.25) is 5.91 Å². The largest absolute Gasteiger partial charge is 0.457 e. The number of rotatable bonds is 7. The predicted molar refractivity (Wildman–Crippen MR) is 139 cm³/mol. The van der Waals surface area contributed by atoms with Crippen molar-refractivity contribution in [2.24, 2.45) is 5.92 Å². The van der Waals surface area contributed by atoms with Gasteiger partial charge in [0.25, 0.3) is 0 Å². The summed E-state index contributed by atoms with van der Waals surface area (Å²) in [5.41, 5.74) is 1.35. The van der Waals surface area contributed by atoms with Crippen LogP contribution in [0.4, 0.5) is 29.5 Å². The van der Waals surface area contributed by atoms with Crippen LogP contribution in [0, 0.1) is 5.92 Å². The topological polar surface area (TPSA) is 95.6 Å². The number of nitrogens with zero attached hydrogens (tertiary/aromatic N) is 2. The number of nitrogens with one attached hydrogen (secondary N) is 3. The molecule has 1 aliphatic heterocycles. The Balaban J connectivity index is 1.25. The number of pyridine rings is 1. The minimum absolute atomic E-state index is 0.0460. The van der Waals surface area contributed by atoms with Gasteiger partial charge in [-0.1, -0.05) is 12.1 Å². The summed E-state index contributed by atoms with van der Waals surface area (Å²) in [5, 5.41) is 8.13. The lowest BCUT2D eigenvalue weighted by Gasteiger charge is -2.29. The predicted octanol–water partition coefficient (Wildman–Crippen LogP) is 5.55. The summed E-state index contributed by atoms with van der Waals surface area (Å²) in [6.07, 6.45) is -0.596. The molecule has 0 radical (unpaired) electrons. The van der Waals surface area contributed by atoms with Crippen LogP contribution in [0.5, 0.6) is 11.5 Å². The van der Waals surface area contributed by atoms with Gasteiger partial charge in [0.05, 0.1) is 5.56 Å². The lowest BCUT2D eigenvalue weighted by atomic mass is 9.99. The Kier molecular flexibility index (Phi) is 7.42. The van der Waals surface area contributed by atoms with Crippen molar-refractivity contribution >= 4 is 23.4 Å². The third kappa shape index (κ3) is 6.48. The van der Waals surface area contributed by atoms with E-state index in [0.717, 1.165) is 30.0 Å². The van der Waals surface area contributed by atoms with Gasteiger partial charge >= 0.3 is 12.2 Å². The van der Waals surface area contributed by atoms with Gasteiger partial charge in [-0.2, -0.15) is 13.2 Å². The molecule has 1 fully saturated rings. The van der Waals surface area contributed by atoms with Gasteiger partial charge in [0.1, 0.15) is 17.3 Å². The monoisotopic (exact) mass is 539 g/mol. The number of amides is 3. The van der Waals surface area contributed by atoms with E-state index in [2.05, 4.69) is 20.9 Å². The molecule has 1 aromatic heterocycles.